The second-order valence-electron chi connectivity index (χ2n) is 5.97. The van der Waals surface area contributed by atoms with Crippen LogP contribution in [-0.4, -0.2) is 39.2 Å². The van der Waals surface area contributed by atoms with E-state index in [1.807, 2.05) is 19.1 Å². The fourth-order valence-corrected chi connectivity index (χ4v) is 3.02. The highest BCUT2D eigenvalue weighted by atomic mass is 35.5. The van der Waals surface area contributed by atoms with Crippen LogP contribution in [0.25, 0.3) is 0 Å². The van der Waals surface area contributed by atoms with E-state index in [1.54, 1.807) is 12.1 Å². The first kappa shape index (κ1) is 18.8. The fraction of sp³-hybridized carbons (Fsp3) is 0.263. The van der Waals surface area contributed by atoms with E-state index >= 15 is 0 Å². The molecule has 0 aromatic heterocycles. The molecular formula is C19H19ClN2O5. The molecule has 142 valence electrons. The molecular weight excluding hydrogens is 372 g/mol. The van der Waals surface area contributed by atoms with Crippen molar-refractivity contribution >= 4 is 34.8 Å². The molecule has 0 saturated heterocycles. The third-order valence-electron chi connectivity index (χ3n) is 4.11. The first-order valence-corrected chi connectivity index (χ1v) is 8.56. The largest absolute Gasteiger partial charge is 0.495 e. The molecule has 1 aliphatic rings. The molecule has 0 bridgehead atoms. The summed E-state index contributed by atoms with van der Waals surface area (Å²) in [4.78, 5) is 26.2. The minimum Gasteiger partial charge on any atom is -0.495 e. The van der Waals surface area contributed by atoms with Gasteiger partial charge in [-0.15, -0.1) is 0 Å². The van der Waals surface area contributed by atoms with Crippen molar-refractivity contribution in [2.24, 2.45) is 0 Å². The zero-order valence-corrected chi connectivity index (χ0v) is 15.9. The number of benzene rings is 2. The quantitative estimate of drug-likeness (QED) is 0.849. The zero-order chi connectivity index (χ0) is 19.6. The minimum atomic E-state index is -0.392. The number of hydrogen-bond acceptors (Lipinski definition) is 5. The second kappa shape index (κ2) is 7.75. The average Bonchev–Trinajstić information content (AvgIpc) is 2.64. The predicted molar refractivity (Wildman–Crippen MR) is 102 cm³/mol. The van der Waals surface area contributed by atoms with E-state index in [0.717, 1.165) is 5.56 Å². The molecule has 3 rings (SSSR count). The normalized spacial score (nSPS) is 12.9. The van der Waals surface area contributed by atoms with Crippen LogP contribution in [-0.2, 0) is 9.59 Å². The van der Waals surface area contributed by atoms with Gasteiger partial charge in [-0.25, -0.2) is 0 Å². The summed E-state index contributed by atoms with van der Waals surface area (Å²) in [7, 11) is 2.96. The lowest BCUT2D eigenvalue weighted by molar-refractivity contribution is -0.123. The topological polar surface area (TPSA) is 77.1 Å². The van der Waals surface area contributed by atoms with Crippen LogP contribution in [0.2, 0.25) is 5.02 Å². The molecule has 1 heterocycles. The van der Waals surface area contributed by atoms with Crippen LogP contribution in [0, 0.1) is 6.92 Å². The molecule has 0 atom stereocenters. The molecule has 2 aromatic carbocycles. The number of nitrogens with one attached hydrogen (secondary N) is 1. The van der Waals surface area contributed by atoms with Crippen molar-refractivity contribution < 1.29 is 23.8 Å². The van der Waals surface area contributed by atoms with Crippen LogP contribution >= 0.6 is 11.6 Å². The molecule has 0 aliphatic carbocycles. The van der Waals surface area contributed by atoms with E-state index in [4.69, 9.17) is 25.8 Å². The van der Waals surface area contributed by atoms with Crippen LogP contribution in [0.1, 0.15) is 5.56 Å². The van der Waals surface area contributed by atoms with E-state index in [-0.39, 0.29) is 19.1 Å². The van der Waals surface area contributed by atoms with Gasteiger partial charge in [0, 0.05) is 6.07 Å². The Balaban J connectivity index is 1.81. The monoisotopic (exact) mass is 390 g/mol. The molecule has 0 fully saturated rings. The number of aryl methyl sites for hydroxylation is 1. The SMILES string of the molecule is COc1cc(OC)c(NC(=O)CN2C(=O)COc3cc(C)ccc32)cc1Cl. The maximum absolute atomic E-state index is 12.6. The van der Waals surface area contributed by atoms with E-state index in [0.29, 0.717) is 33.6 Å². The van der Waals surface area contributed by atoms with Gasteiger partial charge in [0.15, 0.2) is 6.61 Å². The van der Waals surface area contributed by atoms with Gasteiger partial charge in [-0.05, 0) is 30.7 Å². The van der Waals surface area contributed by atoms with Gasteiger partial charge < -0.3 is 19.5 Å². The highest BCUT2D eigenvalue weighted by molar-refractivity contribution is 6.32. The summed E-state index contributed by atoms with van der Waals surface area (Å²) in [5.41, 5.74) is 1.95. The number of halogens is 1. The van der Waals surface area contributed by atoms with Crippen molar-refractivity contribution in [2.75, 3.05) is 37.6 Å². The molecule has 0 spiro atoms. The molecule has 1 N–H and O–H groups in total. The highest BCUT2D eigenvalue weighted by Gasteiger charge is 2.27. The van der Waals surface area contributed by atoms with Crippen molar-refractivity contribution in [1.82, 2.24) is 0 Å². The van der Waals surface area contributed by atoms with Gasteiger partial charge in [0.2, 0.25) is 5.91 Å². The van der Waals surface area contributed by atoms with E-state index in [9.17, 15) is 9.59 Å². The Morgan fingerprint density at radius 1 is 1.22 bits per heavy atom. The molecule has 2 amide bonds. The third-order valence-corrected chi connectivity index (χ3v) is 4.40. The maximum Gasteiger partial charge on any atom is 0.265 e. The Morgan fingerprint density at radius 3 is 2.67 bits per heavy atom. The van der Waals surface area contributed by atoms with E-state index < -0.39 is 5.91 Å². The summed E-state index contributed by atoms with van der Waals surface area (Å²) in [5, 5.41) is 3.06. The van der Waals surface area contributed by atoms with Gasteiger partial charge >= 0.3 is 0 Å². The van der Waals surface area contributed by atoms with Crippen molar-refractivity contribution in [2.45, 2.75) is 6.92 Å². The Morgan fingerprint density at radius 2 is 1.96 bits per heavy atom. The second-order valence-corrected chi connectivity index (χ2v) is 6.38. The number of carbonyl (C=O) groups is 2. The molecule has 27 heavy (non-hydrogen) atoms. The van der Waals surface area contributed by atoms with E-state index in [2.05, 4.69) is 5.32 Å². The van der Waals surface area contributed by atoms with Gasteiger partial charge in [0.05, 0.1) is 30.6 Å². The summed E-state index contributed by atoms with van der Waals surface area (Å²) in [6.07, 6.45) is 0. The standard InChI is InChI=1S/C19H19ClN2O5/c1-11-4-5-14-17(6-11)27-10-19(24)22(14)9-18(23)21-13-7-12(20)15(25-2)8-16(13)26-3/h4-8H,9-10H2,1-3H3,(H,21,23). The van der Waals surface area contributed by atoms with Gasteiger partial charge in [0.25, 0.3) is 5.91 Å². The molecule has 7 nitrogen and oxygen atoms in total. The summed E-state index contributed by atoms with van der Waals surface area (Å²) < 4.78 is 15.9. The van der Waals surface area contributed by atoms with Gasteiger partial charge in [-0.2, -0.15) is 0 Å². The number of hydrogen-bond donors (Lipinski definition) is 1. The first-order valence-electron chi connectivity index (χ1n) is 8.18. The lowest BCUT2D eigenvalue weighted by atomic mass is 10.1. The number of anilines is 2. The Kier molecular flexibility index (Phi) is 5.41. The summed E-state index contributed by atoms with van der Waals surface area (Å²) >= 11 is 6.13. The number of amides is 2. The van der Waals surface area contributed by atoms with Crippen molar-refractivity contribution in [3.63, 3.8) is 0 Å². The van der Waals surface area contributed by atoms with Crippen molar-refractivity contribution in [3.05, 3.63) is 40.9 Å². The number of ether oxygens (including phenoxy) is 3. The van der Waals surface area contributed by atoms with Crippen LogP contribution in [0.3, 0.4) is 0 Å². The molecule has 0 unspecified atom stereocenters. The predicted octanol–water partition coefficient (Wildman–Crippen LogP) is 3.03. The smallest absolute Gasteiger partial charge is 0.265 e. The first-order chi connectivity index (χ1) is 12.9. The Hall–Kier alpha value is -2.93. The number of carbonyl (C=O) groups excluding carboxylic acids is 2. The van der Waals surface area contributed by atoms with Gasteiger partial charge in [0.1, 0.15) is 23.8 Å². The third kappa shape index (κ3) is 3.93. The lowest BCUT2D eigenvalue weighted by Gasteiger charge is -2.29. The van der Waals surface area contributed by atoms with Crippen LogP contribution in [0.5, 0.6) is 17.2 Å². The lowest BCUT2D eigenvalue weighted by Crippen LogP contribution is -2.43. The van der Waals surface area contributed by atoms with Crippen molar-refractivity contribution in [1.29, 1.82) is 0 Å². The molecule has 1 aliphatic heterocycles. The molecule has 2 aromatic rings. The zero-order valence-electron chi connectivity index (χ0n) is 15.2. The van der Waals surface area contributed by atoms with Gasteiger partial charge in [-0.1, -0.05) is 17.7 Å². The average molecular weight is 391 g/mol. The van der Waals surface area contributed by atoms with Gasteiger partial charge in [-0.3, -0.25) is 14.5 Å². The van der Waals surface area contributed by atoms with Crippen LogP contribution in [0.4, 0.5) is 11.4 Å². The summed E-state index contributed by atoms with van der Waals surface area (Å²) in [6, 6.07) is 8.57. The fourth-order valence-electron chi connectivity index (χ4n) is 2.78. The van der Waals surface area contributed by atoms with Crippen molar-refractivity contribution in [3.8, 4) is 17.2 Å². The Bertz CT molecular complexity index is 900. The highest BCUT2D eigenvalue weighted by Crippen LogP contribution is 2.36. The number of rotatable bonds is 5. The maximum atomic E-state index is 12.6. The molecule has 0 radical (unpaired) electrons. The Labute approximate surface area is 161 Å². The van der Waals surface area contributed by atoms with Crippen LogP contribution in [0.15, 0.2) is 30.3 Å². The minimum absolute atomic E-state index is 0.110. The summed E-state index contributed by atoms with van der Waals surface area (Å²) in [5.74, 6) is 0.720. The number of methoxy groups -OCH3 is 2. The molecule has 8 heteroatoms. The number of nitrogens with zero attached hydrogens (tertiary/aromatic N) is 1. The number of fused-ring (bicyclic) bond motifs is 1. The summed E-state index contributed by atoms with van der Waals surface area (Å²) in [6.45, 7) is 1.66. The van der Waals surface area contributed by atoms with Crippen LogP contribution < -0.4 is 24.4 Å². The van der Waals surface area contributed by atoms with E-state index in [1.165, 1.54) is 25.2 Å². The molecule has 0 saturated carbocycles.